The van der Waals surface area contributed by atoms with Gasteiger partial charge in [-0.15, -0.1) is 0 Å². The van der Waals surface area contributed by atoms with Crippen molar-refractivity contribution in [1.82, 2.24) is 0 Å². The fourth-order valence-electron chi connectivity index (χ4n) is 2.12. The fraction of sp³-hybridized carbons (Fsp3) is 0.462. The Morgan fingerprint density at radius 2 is 2.38 bits per heavy atom. The summed E-state index contributed by atoms with van der Waals surface area (Å²) in [6, 6.07) is 6.19. The monoisotopic (exact) mass is 219 g/mol. The summed E-state index contributed by atoms with van der Waals surface area (Å²) in [6.45, 7) is 8.32. The molecular weight excluding hydrogens is 200 g/mol. The maximum atomic E-state index is 5.81. The van der Waals surface area contributed by atoms with Crippen molar-refractivity contribution >= 4 is 11.4 Å². The van der Waals surface area contributed by atoms with Gasteiger partial charge in [0.1, 0.15) is 0 Å². The number of hydrogen-bond acceptors (Lipinski definition) is 3. The van der Waals surface area contributed by atoms with E-state index in [1.165, 1.54) is 5.69 Å². The maximum Gasteiger partial charge on any atom is 0.0766 e. The quantitative estimate of drug-likeness (QED) is 0.790. The zero-order valence-electron chi connectivity index (χ0n) is 9.78. The molecule has 87 valence electrons. The summed E-state index contributed by atoms with van der Waals surface area (Å²) in [5.74, 6) is 0. The summed E-state index contributed by atoms with van der Waals surface area (Å²) in [6.07, 6.45) is 1.41. The first kappa shape index (κ1) is 11.3. The number of benzene rings is 1. The number of ether oxygens (including phenoxy) is 1. The van der Waals surface area contributed by atoms with Gasteiger partial charge in [-0.1, -0.05) is 0 Å². The van der Waals surface area contributed by atoms with E-state index in [0.29, 0.717) is 12.7 Å². The van der Waals surface area contributed by atoms with E-state index < -0.39 is 0 Å². The maximum absolute atomic E-state index is 5.81. The smallest absolute Gasteiger partial charge is 0.0766 e. The number of nitrogen functional groups attached to an aromatic ring is 1. The Labute approximate surface area is 97.2 Å². The van der Waals surface area contributed by atoms with Gasteiger partial charge in [0.25, 0.3) is 0 Å². The zero-order valence-corrected chi connectivity index (χ0v) is 9.78. The Morgan fingerprint density at radius 3 is 3.06 bits per heavy atom. The molecule has 0 saturated carbocycles. The van der Waals surface area contributed by atoms with E-state index in [0.717, 1.165) is 30.8 Å². The lowest BCUT2D eigenvalue weighted by atomic mass is 10.2. The van der Waals surface area contributed by atoms with Gasteiger partial charge in [0.05, 0.1) is 6.10 Å². The second-order valence-corrected chi connectivity index (χ2v) is 4.27. The van der Waals surface area contributed by atoms with E-state index in [1.54, 1.807) is 0 Å². The Balaban J connectivity index is 2.05. The average molecular weight is 219 g/mol. The van der Waals surface area contributed by atoms with E-state index >= 15 is 0 Å². The van der Waals surface area contributed by atoms with Gasteiger partial charge in [-0.05, 0) is 44.0 Å². The van der Waals surface area contributed by atoms with Gasteiger partial charge in [-0.3, -0.25) is 0 Å². The summed E-state index contributed by atoms with van der Waals surface area (Å²) in [5, 5.41) is 0. The van der Waals surface area contributed by atoms with Crippen molar-refractivity contribution in [2.75, 3.05) is 30.3 Å². The molecule has 1 fully saturated rings. The molecule has 1 saturated heterocycles. The molecule has 2 N–H and O–H groups in total. The number of hydrogen-bond donors (Lipinski definition) is 1. The first-order chi connectivity index (χ1) is 7.70. The third-order valence-corrected chi connectivity index (χ3v) is 3.12. The molecule has 16 heavy (non-hydrogen) atoms. The molecule has 0 aliphatic carbocycles. The molecule has 1 atom stereocenters. The lowest BCUT2D eigenvalue weighted by Crippen LogP contribution is -2.22. The first-order valence-electron chi connectivity index (χ1n) is 5.72. The fourth-order valence-corrected chi connectivity index (χ4v) is 2.12. The van der Waals surface area contributed by atoms with Crippen LogP contribution >= 0.6 is 0 Å². The molecule has 1 aromatic carbocycles. The molecule has 0 bridgehead atoms. The van der Waals surface area contributed by atoms with Crippen LogP contribution in [0.2, 0.25) is 0 Å². The summed E-state index contributed by atoms with van der Waals surface area (Å²) in [5.41, 5.74) is 9.04. The number of aryl methyl sites for hydroxylation is 1. The molecule has 0 aromatic heterocycles. The van der Waals surface area contributed by atoms with Crippen LogP contribution in [0.25, 0.3) is 0 Å². The molecule has 1 aliphatic rings. The van der Waals surface area contributed by atoms with Gasteiger partial charge < -0.3 is 15.4 Å². The predicted octanol–water partition coefficient (Wildman–Crippen LogP) is 2.01. The minimum absolute atomic E-state index is 0.329. The van der Waals surface area contributed by atoms with Crippen LogP contribution in [0.1, 0.15) is 12.0 Å². The van der Waals surface area contributed by atoms with Crippen molar-refractivity contribution in [2.45, 2.75) is 19.4 Å². The summed E-state index contributed by atoms with van der Waals surface area (Å²) < 4.78 is 5.53. The Kier molecular flexibility index (Phi) is 3.34. The van der Waals surface area contributed by atoms with Crippen molar-refractivity contribution in [1.29, 1.82) is 0 Å². The molecule has 3 nitrogen and oxygen atoms in total. The average Bonchev–Trinajstić information content (AvgIpc) is 2.71. The minimum atomic E-state index is 0.329. The summed E-state index contributed by atoms with van der Waals surface area (Å²) >= 11 is 0. The van der Waals surface area contributed by atoms with Crippen molar-refractivity contribution in [3.63, 3.8) is 0 Å². The van der Waals surface area contributed by atoms with Crippen LogP contribution in [0, 0.1) is 13.8 Å². The van der Waals surface area contributed by atoms with Crippen LogP contribution in [-0.2, 0) is 4.74 Å². The van der Waals surface area contributed by atoms with Crippen LogP contribution in [0.4, 0.5) is 11.4 Å². The van der Waals surface area contributed by atoms with Gasteiger partial charge in [0, 0.05) is 31.1 Å². The van der Waals surface area contributed by atoms with Crippen LogP contribution in [0.15, 0.2) is 18.2 Å². The van der Waals surface area contributed by atoms with Crippen LogP contribution in [0.5, 0.6) is 0 Å². The van der Waals surface area contributed by atoms with Crippen LogP contribution < -0.4 is 10.6 Å². The minimum Gasteiger partial charge on any atom is -0.399 e. The Bertz CT molecular complexity index is 365. The third-order valence-electron chi connectivity index (χ3n) is 3.12. The van der Waals surface area contributed by atoms with Crippen molar-refractivity contribution in [2.24, 2.45) is 0 Å². The SMILES string of the molecule is [CH2]COC1CCN(c2ccc(N)c(C)c2)C1. The highest BCUT2D eigenvalue weighted by molar-refractivity contribution is 5.58. The van der Waals surface area contributed by atoms with E-state index in [2.05, 4.69) is 24.0 Å². The van der Waals surface area contributed by atoms with E-state index in [9.17, 15) is 0 Å². The van der Waals surface area contributed by atoms with Gasteiger partial charge in [0.15, 0.2) is 0 Å². The predicted molar refractivity (Wildman–Crippen MR) is 67.5 cm³/mol. The molecule has 3 heteroatoms. The van der Waals surface area contributed by atoms with E-state index in [1.807, 2.05) is 13.0 Å². The molecule has 1 radical (unpaired) electrons. The largest absolute Gasteiger partial charge is 0.399 e. The van der Waals surface area contributed by atoms with Gasteiger partial charge >= 0.3 is 0 Å². The van der Waals surface area contributed by atoms with Crippen molar-refractivity contribution in [3.05, 3.63) is 30.7 Å². The van der Waals surface area contributed by atoms with Crippen molar-refractivity contribution in [3.8, 4) is 0 Å². The van der Waals surface area contributed by atoms with Gasteiger partial charge in [0.2, 0.25) is 0 Å². The second-order valence-electron chi connectivity index (χ2n) is 4.27. The molecule has 2 rings (SSSR count). The standard InChI is InChI=1S/C13H19N2O/c1-3-16-12-6-7-15(9-12)11-4-5-13(14)10(2)8-11/h4-5,8,12H,1,3,6-7,9,14H2,2H3. The van der Waals surface area contributed by atoms with Gasteiger partial charge in [-0.25, -0.2) is 0 Å². The molecule has 1 heterocycles. The summed E-state index contributed by atoms with van der Waals surface area (Å²) in [4.78, 5) is 2.34. The Morgan fingerprint density at radius 1 is 1.56 bits per heavy atom. The van der Waals surface area contributed by atoms with Gasteiger partial charge in [-0.2, -0.15) is 0 Å². The van der Waals surface area contributed by atoms with Crippen LogP contribution in [0.3, 0.4) is 0 Å². The Hall–Kier alpha value is -1.22. The molecular formula is C13H19N2O. The lowest BCUT2D eigenvalue weighted by Gasteiger charge is -2.19. The molecule has 0 spiro atoms. The molecule has 1 aliphatic heterocycles. The normalized spacial score (nSPS) is 20.4. The number of nitrogens with two attached hydrogens (primary N) is 1. The van der Waals surface area contributed by atoms with E-state index in [-0.39, 0.29) is 0 Å². The van der Waals surface area contributed by atoms with Crippen LogP contribution in [-0.4, -0.2) is 25.8 Å². The third kappa shape index (κ3) is 2.30. The molecule has 0 amide bonds. The van der Waals surface area contributed by atoms with E-state index in [4.69, 9.17) is 10.5 Å². The number of anilines is 2. The highest BCUT2D eigenvalue weighted by Gasteiger charge is 2.22. The molecule has 1 unspecified atom stereocenters. The number of nitrogens with zero attached hydrogens (tertiary/aromatic N) is 1. The lowest BCUT2D eigenvalue weighted by molar-refractivity contribution is 0.0896. The van der Waals surface area contributed by atoms with Crippen molar-refractivity contribution < 1.29 is 4.74 Å². The molecule has 1 aromatic rings. The highest BCUT2D eigenvalue weighted by Crippen LogP contribution is 2.25. The second kappa shape index (κ2) is 4.74. The summed E-state index contributed by atoms with van der Waals surface area (Å²) in [7, 11) is 0. The highest BCUT2D eigenvalue weighted by atomic mass is 16.5. The zero-order chi connectivity index (χ0) is 11.5. The first-order valence-corrected chi connectivity index (χ1v) is 5.72. The number of rotatable bonds is 3. The topological polar surface area (TPSA) is 38.5 Å².